The Morgan fingerprint density at radius 2 is 2.00 bits per heavy atom. The highest BCUT2D eigenvalue weighted by Gasteiger charge is 2.07. The molecule has 7 heteroatoms. The van der Waals surface area contributed by atoms with E-state index in [1.165, 1.54) is 10.9 Å². The number of aromatic amines is 1. The van der Waals surface area contributed by atoms with Gasteiger partial charge in [0.15, 0.2) is 5.11 Å². The topological polar surface area (TPSA) is 58.3 Å². The van der Waals surface area contributed by atoms with Crippen molar-refractivity contribution in [1.82, 2.24) is 10.3 Å². The molecule has 0 unspecified atom stereocenters. The van der Waals surface area contributed by atoms with Crippen LogP contribution in [0, 0.1) is 0 Å². The molecule has 3 rings (SSSR count). The maximum atomic E-state index is 6.03. The lowest BCUT2D eigenvalue weighted by atomic mass is 10.1. The van der Waals surface area contributed by atoms with Crippen molar-refractivity contribution in [2.45, 2.75) is 6.42 Å². The first-order chi connectivity index (χ1) is 12.6. The summed E-state index contributed by atoms with van der Waals surface area (Å²) in [5.74, 6) is 1.52. The second-order valence-corrected chi connectivity index (χ2v) is 6.55. The van der Waals surface area contributed by atoms with Gasteiger partial charge in [-0.3, -0.25) is 0 Å². The van der Waals surface area contributed by atoms with E-state index in [9.17, 15) is 0 Å². The maximum Gasteiger partial charge on any atom is 0.170 e. The van der Waals surface area contributed by atoms with Gasteiger partial charge in [-0.1, -0.05) is 11.6 Å². The van der Waals surface area contributed by atoms with E-state index in [1.54, 1.807) is 32.4 Å². The van der Waals surface area contributed by atoms with Crippen molar-refractivity contribution in [3.63, 3.8) is 0 Å². The molecule has 0 bridgehead atoms. The van der Waals surface area contributed by atoms with Gasteiger partial charge in [0.2, 0.25) is 0 Å². The third kappa shape index (κ3) is 4.20. The zero-order chi connectivity index (χ0) is 18.5. The fourth-order valence-electron chi connectivity index (χ4n) is 2.75. The number of rotatable bonds is 6. The van der Waals surface area contributed by atoms with E-state index in [4.69, 9.17) is 33.3 Å². The summed E-state index contributed by atoms with van der Waals surface area (Å²) in [7, 11) is 3.27. The van der Waals surface area contributed by atoms with Crippen molar-refractivity contribution in [3.05, 3.63) is 53.2 Å². The highest BCUT2D eigenvalue weighted by molar-refractivity contribution is 7.80. The van der Waals surface area contributed by atoms with E-state index < -0.39 is 0 Å². The molecular formula is C19H20ClN3O2S. The summed E-state index contributed by atoms with van der Waals surface area (Å²) in [5, 5.41) is 8.65. The largest absolute Gasteiger partial charge is 0.497 e. The maximum absolute atomic E-state index is 6.03. The molecule has 0 aliphatic rings. The predicted octanol–water partition coefficient (Wildman–Crippen LogP) is 4.37. The van der Waals surface area contributed by atoms with Crippen molar-refractivity contribution >= 4 is 45.5 Å². The van der Waals surface area contributed by atoms with Crippen molar-refractivity contribution in [2.75, 3.05) is 26.1 Å². The Morgan fingerprint density at radius 1 is 1.15 bits per heavy atom. The number of aromatic nitrogens is 1. The Bertz CT molecular complexity index is 926. The quantitative estimate of drug-likeness (QED) is 0.546. The van der Waals surface area contributed by atoms with E-state index in [1.807, 2.05) is 18.3 Å². The minimum absolute atomic E-state index is 0.520. The van der Waals surface area contributed by atoms with Crippen LogP contribution in [0.2, 0.25) is 5.02 Å². The number of hydrogen-bond acceptors (Lipinski definition) is 3. The average molecular weight is 390 g/mol. The zero-order valence-electron chi connectivity index (χ0n) is 14.6. The molecule has 0 saturated carbocycles. The van der Waals surface area contributed by atoms with E-state index in [2.05, 4.69) is 21.7 Å². The van der Waals surface area contributed by atoms with E-state index in [-0.39, 0.29) is 0 Å². The fraction of sp³-hybridized carbons (Fsp3) is 0.211. The molecule has 1 aromatic heterocycles. The normalized spacial score (nSPS) is 10.6. The van der Waals surface area contributed by atoms with Crippen LogP contribution in [0.15, 0.2) is 42.6 Å². The molecule has 0 spiro atoms. The van der Waals surface area contributed by atoms with Gasteiger partial charge >= 0.3 is 0 Å². The van der Waals surface area contributed by atoms with Gasteiger partial charge in [0, 0.05) is 34.7 Å². The molecular weight excluding hydrogens is 370 g/mol. The first kappa shape index (κ1) is 18.4. The lowest BCUT2D eigenvalue weighted by molar-refractivity contribution is 0.415. The van der Waals surface area contributed by atoms with Crippen molar-refractivity contribution in [3.8, 4) is 11.5 Å². The molecule has 26 heavy (non-hydrogen) atoms. The number of fused-ring (bicyclic) bond motifs is 1. The van der Waals surface area contributed by atoms with Crippen molar-refractivity contribution in [2.24, 2.45) is 0 Å². The summed E-state index contributed by atoms with van der Waals surface area (Å²) in [4.78, 5) is 3.27. The summed E-state index contributed by atoms with van der Waals surface area (Å²) in [5.41, 5.74) is 3.01. The second kappa shape index (κ2) is 8.29. The smallest absolute Gasteiger partial charge is 0.170 e. The summed E-state index contributed by atoms with van der Waals surface area (Å²) >= 11 is 11.4. The average Bonchev–Trinajstić information content (AvgIpc) is 3.04. The Morgan fingerprint density at radius 3 is 2.77 bits per heavy atom. The molecule has 5 nitrogen and oxygen atoms in total. The second-order valence-electron chi connectivity index (χ2n) is 5.70. The number of methoxy groups -OCH3 is 2. The third-order valence-corrected chi connectivity index (χ3v) is 4.55. The van der Waals surface area contributed by atoms with Crippen molar-refractivity contribution < 1.29 is 9.47 Å². The Balaban J connectivity index is 1.58. The monoisotopic (exact) mass is 389 g/mol. The molecule has 0 aliphatic carbocycles. The summed E-state index contributed by atoms with van der Waals surface area (Å²) in [6.07, 6.45) is 2.85. The molecule has 3 N–H and O–H groups in total. The molecule has 0 radical (unpaired) electrons. The van der Waals surface area contributed by atoms with E-state index in [0.717, 1.165) is 23.4 Å². The number of H-pyrrole nitrogens is 1. The molecule has 0 amide bonds. The molecule has 0 aliphatic heterocycles. The van der Waals surface area contributed by atoms with E-state index in [0.29, 0.717) is 22.4 Å². The van der Waals surface area contributed by atoms with E-state index >= 15 is 0 Å². The Hall–Kier alpha value is -2.44. The predicted molar refractivity (Wildman–Crippen MR) is 111 cm³/mol. The van der Waals surface area contributed by atoms with Gasteiger partial charge in [-0.15, -0.1) is 0 Å². The lowest BCUT2D eigenvalue weighted by Gasteiger charge is -2.13. The van der Waals surface area contributed by atoms with Gasteiger partial charge in [0.05, 0.1) is 19.9 Å². The van der Waals surface area contributed by atoms with Gasteiger partial charge in [-0.25, -0.2) is 0 Å². The third-order valence-electron chi connectivity index (χ3n) is 4.06. The van der Waals surface area contributed by atoms with Gasteiger partial charge in [-0.05, 0) is 54.5 Å². The number of benzene rings is 2. The van der Waals surface area contributed by atoms with Gasteiger partial charge in [-0.2, -0.15) is 0 Å². The molecule has 0 saturated heterocycles. The number of anilines is 1. The number of hydrogen-bond donors (Lipinski definition) is 3. The number of nitrogens with one attached hydrogen (secondary N) is 3. The summed E-state index contributed by atoms with van der Waals surface area (Å²) in [6.45, 7) is 0.702. The molecule has 2 aromatic carbocycles. The van der Waals surface area contributed by atoms with Crippen LogP contribution in [0.1, 0.15) is 5.56 Å². The molecule has 0 atom stereocenters. The zero-order valence-corrected chi connectivity index (χ0v) is 16.1. The van der Waals surface area contributed by atoms with Crippen molar-refractivity contribution in [1.29, 1.82) is 0 Å². The first-order valence-corrected chi connectivity index (χ1v) is 8.91. The number of ether oxygens (including phenoxy) is 2. The molecule has 3 aromatic rings. The van der Waals surface area contributed by atoms with Crippen LogP contribution in [0.5, 0.6) is 11.5 Å². The summed E-state index contributed by atoms with van der Waals surface area (Å²) in [6, 6.07) is 11.4. The van der Waals surface area contributed by atoms with Crippen LogP contribution >= 0.6 is 23.8 Å². The fourth-order valence-corrected chi connectivity index (χ4v) is 3.14. The Labute approximate surface area is 162 Å². The minimum atomic E-state index is 0.520. The molecule has 0 fully saturated rings. The highest BCUT2D eigenvalue weighted by atomic mass is 35.5. The minimum Gasteiger partial charge on any atom is -0.497 e. The van der Waals surface area contributed by atoms with Crippen LogP contribution in [0.4, 0.5) is 5.69 Å². The van der Waals surface area contributed by atoms with Crippen LogP contribution < -0.4 is 20.1 Å². The van der Waals surface area contributed by atoms with Crippen LogP contribution in [0.3, 0.4) is 0 Å². The first-order valence-electron chi connectivity index (χ1n) is 8.13. The van der Waals surface area contributed by atoms with Gasteiger partial charge in [0.1, 0.15) is 11.5 Å². The van der Waals surface area contributed by atoms with Gasteiger partial charge in [0.25, 0.3) is 0 Å². The molecule has 136 valence electrons. The van der Waals surface area contributed by atoms with Gasteiger partial charge < -0.3 is 25.1 Å². The SMILES string of the molecule is COc1ccc2c(CCNC(=S)Nc3cc(Cl)ccc3OC)c[nH]c2c1. The number of thiocarbonyl (C=S) groups is 1. The highest BCUT2D eigenvalue weighted by Crippen LogP contribution is 2.27. The standard InChI is InChI=1S/C19H20ClN3O2S/c1-24-14-4-5-15-12(11-22-16(15)10-14)7-8-21-19(26)23-17-9-13(20)3-6-18(17)25-2/h3-6,9-11,22H,7-8H2,1-2H3,(H2,21,23,26). The Kier molecular flexibility index (Phi) is 5.85. The van der Waals surface area contributed by atoms with Crippen LogP contribution in [-0.4, -0.2) is 30.9 Å². The summed E-state index contributed by atoms with van der Waals surface area (Å²) < 4.78 is 10.6. The van der Waals surface area contributed by atoms with Crippen LogP contribution in [0.25, 0.3) is 10.9 Å². The number of halogens is 1. The lowest BCUT2D eigenvalue weighted by Crippen LogP contribution is -2.30. The molecule has 1 heterocycles. The van der Waals surface area contributed by atoms with Crippen LogP contribution in [-0.2, 0) is 6.42 Å².